The van der Waals surface area contributed by atoms with E-state index in [4.69, 9.17) is 5.21 Å². The Bertz CT molecular complexity index is 1010. The Morgan fingerprint density at radius 2 is 1.79 bits per heavy atom. The van der Waals surface area contributed by atoms with Crippen LogP contribution in [0.4, 0.5) is 11.4 Å². The van der Waals surface area contributed by atoms with Crippen LogP contribution in [-0.2, 0) is 6.54 Å². The lowest BCUT2D eigenvalue weighted by molar-refractivity contribution is 0.0706. The number of anilines is 2. The van der Waals surface area contributed by atoms with Crippen molar-refractivity contribution in [2.75, 3.05) is 10.7 Å². The number of hydrogen-bond donors (Lipinski definition) is 2. The van der Waals surface area contributed by atoms with E-state index in [9.17, 15) is 4.79 Å². The number of carbonyl (C=O) groups is 1. The van der Waals surface area contributed by atoms with E-state index in [1.54, 1.807) is 29.4 Å². The summed E-state index contributed by atoms with van der Waals surface area (Å²) in [6, 6.07) is 22.4. The highest BCUT2D eigenvalue weighted by atomic mass is 32.2. The Morgan fingerprint density at radius 3 is 2.54 bits per heavy atom. The molecule has 4 nitrogen and oxygen atoms in total. The van der Waals surface area contributed by atoms with E-state index in [-0.39, 0.29) is 0 Å². The van der Waals surface area contributed by atoms with Gasteiger partial charge in [-0.15, -0.1) is 11.8 Å². The van der Waals surface area contributed by atoms with Gasteiger partial charge in [-0.1, -0.05) is 43.0 Å². The highest BCUT2D eigenvalue weighted by Crippen LogP contribution is 2.49. The van der Waals surface area contributed by atoms with Crippen molar-refractivity contribution in [3.8, 4) is 0 Å². The molecule has 28 heavy (non-hydrogen) atoms. The number of hydroxylamine groups is 1. The van der Waals surface area contributed by atoms with Gasteiger partial charge >= 0.3 is 0 Å². The average molecular weight is 409 g/mol. The Kier molecular flexibility index (Phi) is 5.62. The van der Waals surface area contributed by atoms with Gasteiger partial charge in [0.25, 0.3) is 5.91 Å². The number of fused-ring (bicyclic) bond motifs is 2. The van der Waals surface area contributed by atoms with Crippen LogP contribution in [0.3, 0.4) is 0 Å². The summed E-state index contributed by atoms with van der Waals surface area (Å²) in [5.41, 5.74) is 5.60. The quantitative estimate of drug-likeness (QED) is 0.321. The standard InChI is InChI=1S/C22H20N2O2S2/c1-2-27-17-11-12-21-19(13-17)24(18-5-3-4-6-20(18)28-21)14-15-7-9-16(10-8-15)22(25)23-26/h3-13,26H,2,14H2,1H3,(H,23,25). The minimum absolute atomic E-state index is 0.433. The average Bonchev–Trinajstić information content (AvgIpc) is 2.74. The molecule has 0 aromatic heterocycles. The second-order valence-electron chi connectivity index (χ2n) is 6.36. The third kappa shape index (κ3) is 3.76. The van der Waals surface area contributed by atoms with Gasteiger partial charge in [-0.05, 0) is 53.8 Å². The molecule has 3 aromatic carbocycles. The highest BCUT2D eigenvalue weighted by molar-refractivity contribution is 8.00. The second-order valence-corrected chi connectivity index (χ2v) is 8.78. The fourth-order valence-corrected chi connectivity index (χ4v) is 5.01. The van der Waals surface area contributed by atoms with Gasteiger partial charge in [-0.3, -0.25) is 10.0 Å². The summed E-state index contributed by atoms with van der Waals surface area (Å²) in [5, 5.41) is 8.79. The summed E-state index contributed by atoms with van der Waals surface area (Å²) in [5.74, 6) is 0.537. The summed E-state index contributed by atoms with van der Waals surface area (Å²) >= 11 is 3.64. The lowest BCUT2D eigenvalue weighted by Crippen LogP contribution is -2.21. The molecule has 0 unspecified atom stereocenters. The van der Waals surface area contributed by atoms with Crippen molar-refractivity contribution in [1.29, 1.82) is 0 Å². The van der Waals surface area contributed by atoms with Crippen molar-refractivity contribution >= 4 is 40.8 Å². The van der Waals surface area contributed by atoms with E-state index < -0.39 is 5.91 Å². The maximum Gasteiger partial charge on any atom is 0.274 e. The second kappa shape index (κ2) is 8.31. The number of benzene rings is 3. The number of nitrogens with one attached hydrogen (secondary N) is 1. The van der Waals surface area contributed by atoms with Crippen molar-refractivity contribution in [2.45, 2.75) is 28.2 Å². The molecule has 0 radical (unpaired) electrons. The Hall–Kier alpha value is -2.41. The summed E-state index contributed by atoms with van der Waals surface area (Å²) in [6.07, 6.45) is 0. The molecule has 1 heterocycles. The molecule has 0 saturated carbocycles. The van der Waals surface area contributed by atoms with E-state index >= 15 is 0 Å². The van der Waals surface area contributed by atoms with Gasteiger partial charge in [0.2, 0.25) is 0 Å². The maximum absolute atomic E-state index is 11.6. The number of para-hydroxylation sites is 1. The number of thioether (sulfide) groups is 1. The monoisotopic (exact) mass is 408 g/mol. The topological polar surface area (TPSA) is 52.6 Å². The van der Waals surface area contributed by atoms with Crippen LogP contribution in [0.25, 0.3) is 0 Å². The predicted octanol–water partition coefficient (Wildman–Crippen LogP) is 5.72. The molecule has 0 saturated heterocycles. The molecule has 0 atom stereocenters. The first-order chi connectivity index (χ1) is 13.7. The van der Waals surface area contributed by atoms with Gasteiger partial charge < -0.3 is 4.90 Å². The van der Waals surface area contributed by atoms with Crippen LogP contribution in [0.5, 0.6) is 0 Å². The van der Waals surface area contributed by atoms with Crippen LogP contribution >= 0.6 is 23.5 Å². The smallest absolute Gasteiger partial charge is 0.274 e. The fourth-order valence-electron chi connectivity index (χ4n) is 3.24. The highest BCUT2D eigenvalue weighted by Gasteiger charge is 2.23. The van der Waals surface area contributed by atoms with Crippen molar-refractivity contribution in [1.82, 2.24) is 5.48 Å². The molecule has 1 aliphatic heterocycles. The number of rotatable bonds is 5. The molecule has 1 amide bonds. The molecule has 0 bridgehead atoms. The van der Waals surface area contributed by atoms with E-state index in [0.717, 1.165) is 11.3 Å². The van der Waals surface area contributed by atoms with Gasteiger partial charge in [0.1, 0.15) is 0 Å². The van der Waals surface area contributed by atoms with Gasteiger partial charge in [-0.2, -0.15) is 0 Å². The lowest BCUT2D eigenvalue weighted by atomic mass is 10.1. The van der Waals surface area contributed by atoms with Crippen LogP contribution in [-0.4, -0.2) is 16.9 Å². The largest absolute Gasteiger partial charge is 0.335 e. The molecule has 4 rings (SSSR count). The summed E-state index contributed by atoms with van der Waals surface area (Å²) in [7, 11) is 0. The SMILES string of the molecule is CCSc1ccc2c(c1)N(Cc1ccc(C(=O)NO)cc1)c1ccccc1S2. The zero-order chi connectivity index (χ0) is 19.5. The van der Waals surface area contributed by atoms with Crippen molar-refractivity contribution < 1.29 is 10.0 Å². The molecule has 0 spiro atoms. The molecule has 1 aliphatic rings. The molecule has 0 fully saturated rings. The van der Waals surface area contributed by atoms with Crippen LogP contribution in [0, 0.1) is 0 Å². The minimum Gasteiger partial charge on any atom is -0.335 e. The van der Waals surface area contributed by atoms with Crippen molar-refractivity contribution in [2.24, 2.45) is 0 Å². The first-order valence-corrected chi connectivity index (χ1v) is 10.8. The zero-order valence-electron chi connectivity index (χ0n) is 15.4. The molecular formula is C22H20N2O2S2. The Balaban J connectivity index is 1.71. The lowest BCUT2D eigenvalue weighted by Gasteiger charge is -2.33. The molecule has 0 aliphatic carbocycles. The maximum atomic E-state index is 11.6. The molecule has 6 heteroatoms. The molecule has 2 N–H and O–H groups in total. The van der Waals surface area contributed by atoms with Crippen molar-refractivity contribution in [3.05, 3.63) is 77.9 Å². The Morgan fingerprint density at radius 1 is 1.04 bits per heavy atom. The first-order valence-electron chi connectivity index (χ1n) is 9.04. The van der Waals surface area contributed by atoms with E-state index in [0.29, 0.717) is 12.1 Å². The van der Waals surface area contributed by atoms with Crippen molar-refractivity contribution in [3.63, 3.8) is 0 Å². The zero-order valence-corrected chi connectivity index (χ0v) is 17.0. The summed E-state index contributed by atoms with van der Waals surface area (Å²) in [6.45, 7) is 2.86. The van der Waals surface area contributed by atoms with E-state index in [2.05, 4.69) is 54.3 Å². The third-order valence-corrected chi connectivity index (χ3v) is 6.57. The minimum atomic E-state index is -0.502. The van der Waals surface area contributed by atoms with Gasteiger partial charge in [0.05, 0.1) is 11.4 Å². The first kappa shape index (κ1) is 18.9. The number of carbonyl (C=O) groups excluding carboxylic acids is 1. The van der Waals surface area contributed by atoms with E-state index in [1.807, 2.05) is 23.9 Å². The summed E-state index contributed by atoms with van der Waals surface area (Å²) in [4.78, 5) is 17.6. The summed E-state index contributed by atoms with van der Waals surface area (Å²) < 4.78 is 0. The fraction of sp³-hybridized carbons (Fsp3) is 0.136. The molecule has 142 valence electrons. The number of nitrogens with zero attached hydrogens (tertiary/aromatic N) is 1. The predicted molar refractivity (Wildman–Crippen MR) is 115 cm³/mol. The molecule has 3 aromatic rings. The number of hydrogen-bond acceptors (Lipinski definition) is 5. The van der Waals surface area contributed by atoms with Crippen LogP contribution in [0.1, 0.15) is 22.8 Å². The third-order valence-electron chi connectivity index (χ3n) is 4.57. The van der Waals surface area contributed by atoms with Crippen LogP contribution in [0.2, 0.25) is 0 Å². The normalized spacial score (nSPS) is 12.3. The van der Waals surface area contributed by atoms with Crippen LogP contribution in [0.15, 0.2) is 81.4 Å². The van der Waals surface area contributed by atoms with Gasteiger partial charge in [0.15, 0.2) is 0 Å². The van der Waals surface area contributed by atoms with Crippen LogP contribution < -0.4 is 10.4 Å². The van der Waals surface area contributed by atoms with E-state index in [1.165, 1.54) is 26.1 Å². The van der Waals surface area contributed by atoms with Gasteiger partial charge in [-0.25, -0.2) is 5.48 Å². The number of amides is 1. The molecular weight excluding hydrogens is 388 g/mol. The Labute approximate surface area is 172 Å². The van der Waals surface area contributed by atoms with Gasteiger partial charge in [0, 0.05) is 26.8 Å².